The lowest BCUT2D eigenvalue weighted by Gasteiger charge is -2.42. The monoisotopic (exact) mass is 439 g/mol. The second kappa shape index (κ2) is 8.49. The van der Waals surface area contributed by atoms with E-state index in [0.29, 0.717) is 11.3 Å². The number of piperidine rings is 1. The zero-order chi connectivity index (χ0) is 22.1. The Morgan fingerprint density at radius 3 is 1.61 bits per heavy atom. The van der Waals surface area contributed by atoms with E-state index in [1.807, 2.05) is 0 Å². The summed E-state index contributed by atoms with van der Waals surface area (Å²) in [6, 6.07) is 0. The summed E-state index contributed by atoms with van der Waals surface area (Å²) in [4.78, 5) is 0.521. The molecule has 0 aromatic heterocycles. The predicted octanol–water partition coefficient (Wildman–Crippen LogP) is 5.37. The molecule has 1 rings (SSSR count). The minimum atomic E-state index is -6.03. The molecule has 5 unspecified atom stereocenters. The SMILES string of the molecule is CC(OC(C)C(F)(C(F)N1CCCCC1)C(F)(F)F)C(F)(F)C(F)C(F)(F)F. The molecule has 1 fully saturated rings. The zero-order valence-electron chi connectivity index (χ0n) is 14.9. The molecule has 2 nitrogen and oxygen atoms in total. The van der Waals surface area contributed by atoms with Gasteiger partial charge >= 0.3 is 18.3 Å². The van der Waals surface area contributed by atoms with Gasteiger partial charge in [0.05, 0.1) is 0 Å². The summed E-state index contributed by atoms with van der Waals surface area (Å²) in [5.74, 6) is -5.32. The first kappa shape index (κ1) is 25.2. The molecular formula is C15H20F11NO. The van der Waals surface area contributed by atoms with E-state index in [0.717, 1.165) is 0 Å². The second-order valence-electron chi connectivity index (χ2n) is 6.70. The molecule has 0 aliphatic carbocycles. The van der Waals surface area contributed by atoms with Crippen LogP contribution in [0.2, 0.25) is 0 Å². The van der Waals surface area contributed by atoms with Crippen LogP contribution in [0.15, 0.2) is 0 Å². The van der Waals surface area contributed by atoms with E-state index >= 15 is 0 Å². The summed E-state index contributed by atoms with van der Waals surface area (Å²) in [7, 11) is 0. The molecule has 0 radical (unpaired) electrons. The Hall–Kier alpha value is -0.850. The van der Waals surface area contributed by atoms with Crippen molar-refractivity contribution in [3.63, 3.8) is 0 Å². The van der Waals surface area contributed by atoms with Gasteiger partial charge < -0.3 is 4.74 Å². The van der Waals surface area contributed by atoms with Crippen molar-refractivity contribution in [2.24, 2.45) is 0 Å². The van der Waals surface area contributed by atoms with Gasteiger partial charge in [-0.15, -0.1) is 0 Å². The van der Waals surface area contributed by atoms with Crippen LogP contribution in [0.3, 0.4) is 0 Å². The molecular weight excluding hydrogens is 419 g/mol. The summed E-state index contributed by atoms with van der Waals surface area (Å²) in [6.07, 6.45) is -25.1. The molecule has 1 heterocycles. The maximum atomic E-state index is 14.8. The van der Waals surface area contributed by atoms with Crippen LogP contribution in [0.4, 0.5) is 48.3 Å². The van der Waals surface area contributed by atoms with Gasteiger partial charge in [-0.05, 0) is 26.7 Å². The fraction of sp³-hybridized carbons (Fsp3) is 1.00. The summed E-state index contributed by atoms with van der Waals surface area (Å²) in [5, 5.41) is 0. The van der Waals surface area contributed by atoms with Gasteiger partial charge in [0.1, 0.15) is 12.2 Å². The molecule has 0 saturated carbocycles. The van der Waals surface area contributed by atoms with E-state index in [-0.39, 0.29) is 39.8 Å². The number of hydrogen-bond donors (Lipinski definition) is 0. The Bertz CT molecular complexity index is 503. The van der Waals surface area contributed by atoms with Crippen LogP contribution in [0.5, 0.6) is 0 Å². The van der Waals surface area contributed by atoms with Gasteiger partial charge in [-0.25, -0.2) is 22.0 Å². The van der Waals surface area contributed by atoms with E-state index in [1.165, 1.54) is 0 Å². The average molecular weight is 439 g/mol. The first-order chi connectivity index (χ1) is 12.5. The average Bonchev–Trinajstić information content (AvgIpc) is 2.58. The first-order valence-corrected chi connectivity index (χ1v) is 8.35. The smallest absolute Gasteiger partial charge is 0.365 e. The van der Waals surface area contributed by atoms with Crippen molar-refractivity contribution in [3.05, 3.63) is 0 Å². The quantitative estimate of drug-likeness (QED) is 0.391. The molecule has 5 atom stereocenters. The van der Waals surface area contributed by atoms with Gasteiger partial charge in [0.2, 0.25) is 0 Å². The third-order valence-electron chi connectivity index (χ3n) is 4.66. The highest BCUT2D eigenvalue weighted by atomic mass is 19.4. The fourth-order valence-electron chi connectivity index (χ4n) is 2.89. The van der Waals surface area contributed by atoms with Crippen molar-refractivity contribution in [2.75, 3.05) is 13.1 Å². The van der Waals surface area contributed by atoms with Crippen LogP contribution in [0.25, 0.3) is 0 Å². The fourth-order valence-corrected chi connectivity index (χ4v) is 2.89. The highest BCUT2D eigenvalue weighted by Crippen LogP contribution is 2.45. The lowest BCUT2D eigenvalue weighted by molar-refractivity contribution is -0.323. The molecule has 0 spiro atoms. The van der Waals surface area contributed by atoms with Crippen molar-refractivity contribution < 1.29 is 53.0 Å². The second-order valence-corrected chi connectivity index (χ2v) is 6.70. The first-order valence-electron chi connectivity index (χ1n) is 8.35. The van der Waals surface area contributed by atoms with Crippen LogP contribution in [0.1, 0.15) is 33.1 Å². The number of alkyl halides is 11. The Morgan fingerprint density at radius 1 is 0.750 bits per heavy atom. The van der Waals surface area contributed by atoms with E-state index in [9.17, 15) is 48.3 Å². The normalized spacial score (nSPS) is 24.3. The van der Waals surface area contributed by atoms with Crippen LogP contribution < -0.4 is 0 Å². The maximum absolute atomic E-state index is 14.8. The summed E-state index contributed by atoms with van der Waals surface area (Å²) < 4.78 is 150. The molecule has 0 aromatic carbocycles. The maximum Gasteiger partial charge on any atom is 0.429 e. The van der Waals surface area contributed by atoms with Gasteiger partial charge in [-0.2, -0.15) is 26.3 Å². The van der Waals surface area contributed by atoms with Crippen molar-refractivity contribution in [1.82, 2.24) is 4.90 Å². The number of likely N-dealkylation sites (tertiary alicyclic amines) is 1. The highest BCUT2D eigenvalue weighted by Gasteiger charge is 2.68. The molecule has 168 valence electrons. The Morgan fingerprint density at radius 2 is 1.21 bits per heavy atom. The van der Waals surface area contributed by atoms with E-state index in [4.69, 9.17) is 0 Å². The molecule has 0 bridgehead atoms. The number of hydrogen-bond acceptors (Lipinski definition) is 2. The Balaban J connectivity index is 3.09. The molecule has 13 heteroatoms. The van der Waals surface area contributed by atoms with Crippen LogP contribution in [-0.2, 0) is 4.74 Å². The molecule has 1 aliphatic heterocycles. The van der Waals surface area contributed by atoms with Crippen molar-refractivity contribution in [3.8, 4) is 0 Å². The van der Waals surface area contributed by atoms with Gasteiger partial charge in [0.25, 0.3) is 11.8 Å². The predicted molar refractivity (Wildman–Crippen MR) is 76.1 cm³/mol. The summed E-state index contributed by atoms with van der Waals surface area (Å²) in [5.41, 5.74) is -4.82. The van der Waals surface area contributed by atoms with Crippen LogP contribution in [0, 0.1) is 0 Å². The lowest BCUT2D eigenvalue weighted by Crippen LogP contribution is -2.64. The third-order valence-corrected chi connectivity index (χ3v) is 4.66. The van der Waals surface area contributed by atoms with E-state index in [2.05, 4.69) is 4.74 Å². The lowest BCUT2D eigenvalue weighted by atomic mass is 9.94. The van der Waals surface area contributed by atoms with E-state index < -0.39 is 48.6 Å². The molecule has 1 aliphatic rings. The van der Waals surface area contributed by atoms with Crippen molar-refractivity contribution >= 4 is 0 Å². The highest BCUT2D eigenvalue weighted by molar-refractivity contribution is 5.01. The summed E-state index contributed by atoms with van der Waals surface area (Å²) >= 11 is 0. The van der Waals surface area contributed by atoms with E-state index in [1.54, 1.807) is 0 Å². The number of rotatable bonds is 7. The van der Waals surface area contributed by atoms with Gasteiger partial charge in [-0.1, -0.05) is 6.42 Å². The van der Waals surface area contributed by atoms with Crippen LogP contribution >= 0.6 is 0 Å². The van der Waals surface area contributed by atoms with Gasteiger partial charge in [0.15, 0.2) is 6.30 Å². The third kappa shape index (κ3) is 5.00. The standard InChI is InChI=1S/C15H20F11NO/c1-8(28-9(2)13(19,20)10(16)14(21,22)23)12(18,15(24,25)26)11(17)27-6-4-3-5-7-27/h8-11H,3-7H2,1-2H3. The Labute approximate surface area is 154 Å². The van der Waals surface area contributed by atoms with Crippen LogP contribution in [-0.4, -0.2) is 66.6 Å². The number of nitrogens with zero attached hydrogens (tertiary/aromatic N) is 1. The minimum absolute atomic E-state index is 0.153. The van der Waals surface area contributed by atoms with Crippen molar-refractivity contribution in [2.45, 2.75) is 81.7 Å². The summed E-state index contributed by atoms with van der Waals surface area (Å²) in [6.45, 7) is -0.0544. The molecule has 0 aromatic rings. The Kier molecular flexibility index (Phi) is 7.63. The molecule has 0 N–H and O–H groups in total. The number of halogens is 11. The number of ether oxygens (including phenoxy) is 1. The molecule has 0 amide bonds. The molecule has 28 heavy (non-hydrogen) atoms. The topological polar surface area (TPSA) is 12.5 Å². The molecule has 1 saturated heterocycles. The van der Waals surface area contributed by atoms with Crippen molar-refractivity contribution in [1.29, 1.82) is 0 Å². The van der Waals surface area contributed by atoms with Gasteiger partial charge in [-0.3, -0.25) is 4.90 Å². The largest absolute Gasteiger partial charge is 0.429 e. The minimum Gasteiger partial charge on any atom is -0.365 e. The van der Waals surface area contributed by atoms with Gasteiger partial charge in [0, 0.05) is 13.1 Å². The zero-order valence-corrected chi connectivity index (χ0v) is 14.9.